The van der Waals surface area contributed by atoms with E-state index in [1.54, 1.807) is 0 Å². The molecule has 0 bridgehead atoms. The molecule has 92 valence electrons. The number of amides is 1. The number of ether oxygens (including phenoxy) is 1. The second-order valence-corrected chi connectivity index (χ2v) is 5.19. The lowest BCUT2D eigenvalue weighted by molar-refractivity contribution is -0.137. The fraction of sp³-hybridized carbons (Fsp3) is 0.462. The average molecular weight is 298 g/mol. The largest absolute Gasteiger partial charge is 0.481 e. The quantitative estimate of drug-likeness (QED) is 0.840. The van der Waals surface area contributed by atoms with E-state index in [0.29, 0.717) is 6.54 Å². The van der Waals surface area contributed by atoms with Crippen molar-refractivity contribution in [2.75, 3.05) is 6.54 Å². The van der Waals surface area contributed by atoms with Crippen LogP contribution in [0.3, 0.4) is 0 Å². The molecule has 0 aromatic heterocycles. The van der Waals surface area contributed by atoms with Crippen molar-refractivity contribution in [2.45, 2.75) is 32.9 Å². The summed E-state index contributed by atoms with van der Waals surface area (Å²) in [5, 5.41) is 0. The van der Waals surface area contributed by atoms with Crippen molar-refractivity contribution in [1.29, 1.82) is 0 Å². The predicted molar refractivity (Wildman–Crippen MR) is 69.9 cm³/mol. The van der Waals surface area contributed by atoms with Crippen LogP contribution in [0.1, 0.15) is 25.8 Å². The number of nitrogens with zero attached hydrogens (tertiary/aromatic N) is 1. The Morgan fingerprint density at radius 3 is 3.00 bits per heavy atom. The maximum Gasteiger partial charge on any atom is 0.263 e. The van der Waals surface area contributed by atoms with Gasteiger partial charge in [-0.3, -0.25) is 4.79 Å². The van der Waals surface area contributed by atoms with Gasteiger partial charge in [0.15, 0.2) is 6.10 Å². The molecule has 4 heteroatoms. The van der Waals surface area contributed by atoms with Crippen LogP contribution in [0.4, 0.5) is 0 Å². The van der Waals surface area contributed by atoms with E-state index in [0.717, 1.165) is 28.8 Å². The Labute approximate surface area is 110 Å². The van der Waals surface area contributed by atoms with Crippen LogP contribution < -0.4 is 4.74 Å². The first-order chi connectivity index (χ1) is 8.11. The first-order valence-corrected chi connectivity index (χ1v) is 6.65. The van der Waals surface area contributed by atoms with E-state index in [1.807, 2.05) is 30.0 Å². The summed E-state index contributed by atoms with van der Waals surface area (Å²) >= 11 is 3.45. The molecule has 0 unspecified atom stereocenters. The molecule has 2 rings (SSSR count). The van der Waals surface area contributed by atoms with Crippen LogP contribution in [-0.2, 0) is 11.3 Å². The van der Waals surface area contributed by atoms with E-state index < -0.39 is 6.10 Å². The molecule has 0 N–H and O–H groups in total. The summed E-state index contributed by atoms with van der Waals surface area (Å²) in [6, 6.07) is 5.87. The maximum absolute atomic E-state index is 12.1. The number of carbonyl (C=O) groups excluding carboxylic acids is 1. The summed E-state index contributed by atoms with van der Waals surface area (Å²) in [5.41, 5.74) is 1.06. The summed E-state index contributed by atoms with van der Waals surface area (Å²) in [6.07, 6.45) is 0.561. The summed E-state index contributed by atoms with van der Waals surface area (Å²) < 4.78 is 6.70. The van der Waals surface area contributed by atoms with Crippen LogP contribution in [0.25, 0.3) is 0 Å². The number of fused-ring (bicyclic) bond motifs is 1. The highest BCUT2D eigenvalue weighted by Crippen LogP contribution is 2.28. The smallest absolute Gasteiger partial charge is 0.263 e. The van der Waals surface area contributed by atoms with Crippen LogP contribution in [0.2, 0.25) is 0 Å². The lowest BCUT2D eigenvalue weighted by Gasteiger charge is -2.21. The van der Waals surface area contributed by atoms with Gasteiger partial charge in [-0.25, -0.2) is 0 Å². The van der Waals surface area contributed by atoms with E-state index in [1.165, 1.54) is 0 Å². The average Bonchev–Trinajstić information content (AvgIpc) is 2.40. The zero-order valence-electron chi connectivity index (χ0n) is 10.1. The summed E-state index contributed by atoms with van der Waals surface area (Å²) in [4.78, 5) is 13.9. The van der Waals surface area contributed by atoms with Crippen molar-refractivity contribution < 1.29 is 9.53 Å². The molecule has 1 amide bonds. The van der Waals surface area contributed by atoms with E-state index >= 15 is 0 Å². The Kier molecular flexibility index (Phi) is 3.72. The van der Waals surface area contributed by atoms with Gasteiger partial charge < -0.3 is 9.64 Å². The first-order valence-electron chi connectivity index (χ1n) is 5.85. The highest BCUT2D eigenvalue weighted by atomic mass is 79.9. The molecule has 0 aliphatic carbocycles. The topological polar surface area (TPSA) is 29.5 Å². The van der Waals surface area contributed by atoms with E-state index in [4.69, 9.17) is 4.74 Å². The van der Waals surface area contributed by atoms with Gasteiger partial charge in [0, 0.05) is 23.1 Å². The molecule has 0 spiro atoms. The van der Waals surface area contributed by atoms with Gasteiger partial charge in [0.2, 0.25) is 0 Å². The molecule has 0 radical (unpaired) electrons. The van der Waals surface area contributed by atoms with Crippen molar-refractivity contribution in [3.63, 3.8) is 0 Å². The third kappa shape index (κ3) is 2.63. The molecule has 0 saturated carbocycles. The zero-order valence-corrected chi connectivity index (χ0v) is 11.7. The highest BCUT2D eigenvalue weighted by Gasteiger charge is 2.27. The minimum atomic E-state index is -0.399. The summed E-state index contributed by atoms with van der Waals surface area (Å²) in [6.45, 7) is 5.29. The van der Waals surface area contributed by atoms with E-state index in [9.17, 15) is 4.79 Å². The van der Waals surface area contributed by atoms with E-state index in [2.05, 4.69) is 22.9 Å². The van der Waals surface area contributed by atoms with Gasteiger partial charge in [-0.2, -0.15) is 0 Å². The second kappa shape index (κ2) is 5.08. The van der Waals surface area contributed by atoms with E-state index in [-0.39, 0.29) is 5.91 Å². The fourth-order valence-corrected chi connectivity index (χ4v) is 2.44. The monoisotopic (exact) mass is 297 g/mol. The molecular weight excluding hydrogens is 282 g/mol. The van der Waals surface area contributed by atoms with Crippen LogP contribution in [0.15, 0.2) is 22.7 Å². The molecule has 1 heterocycles. The SMILES string of the molecule is CCCN1Cc2cc(Br)ccc2O[C@H](C)C1=O. The number of rotatable bonds is 2. The molecule has 0 fully saturated rings. The Morgan fingerprint density at radius 1 is 1.53 bits per heavy atom. The van der Waals surface area contributed by atoms with Gasteiger partial charge >= 0.3 is 0 Å². The highest BCUT2D eigenvalue weighted by molar-refractivity contribution is 9.10. The van der Waals surface area contributed by atoms with Crippen LogP contribution >= 0.6 is 15.9 Å². The summed E-state index contributed by atoms with van der Waals surface area (Å²) in [5.74, 6) is 0.881. The van der Waals surface area contributed by atoms with Gasteiger partial charge in [-0.05, 0) is 31.5 Å². The van der Waals surface area contributed by atoms with Gasteiger partial charge in [-0.1, -0.05) is 22.9 Å². The van der Waals surface area contributed by atoms with Crippen LogP contribution in [0.5, 0.6) is 5.75 Å². The number of hydrogen-bond donors (Lipinski definition) is 0. The molecule has 1 aliphatic rings. The number of benzene rings is 1. The van der Waals surface area contributed by atoms with Crippen molar-refractivity contribution in [3.8, 4) is 5.75 Å². The third-order valence-electron chi connectivity index (χ3n) is 2.84. The van der Waals surface area contributed by atoms with Crippen LogP contribution in [-0.4, -0.2) is 23.5 Å². The second-order valence-electron chi connectivity index (χ2n) is 4.27. The van der Waals surface area contributed by atoms with Gasteiger partial charge in [0.25, 0.3) is 5.91 Å². The Morgan fingerprint density at radius 2 is 2.29 bits per heavy atom. The standard InChI is InChI=1S/C13H16BrNO2/c1-3-6-15-8-10-7-11(14)4-5-12(10)17-9(2)13(15)16/h4-5,7,9H,3,6,8H2,1-2H3/t9-/m1/s1. The van der Waals surface area contributed by atoms with Gasteiger partial charge in [-0.15, -0.1) is 0 Å². The maximum atomic E-state index is 12.1. The predicted octanol–water partition coefficient (Wildman–Crippen LogP) is 2.97. The fourth-order valence-electron chi connectivity index (χ4n) is 2.03. The molecule has 0 saturated heterocycles. The lowest BCUT2D eigenvalue weighted by Crippen LogP contribution is -2.38. The first kappa shape index (κ1) is 12.4. The molecule has 17 heavy (non-hydrogen) atoms. The number of hydrogen-bond acceptors (Lipinski definition) is 2. The minimum absolute atomic E-state index is 0.0687. The Hall–Kier alpha value is -1.03. The summed E-state index contributed by atoms with van der Waals surface area (Å²) in [7, 11) is 0. The molecule has 1 aromatic rings. The molecule has 1 aromatic carbocycles. The molecule has 3 nitrogen and oxygen atoms in total. The van der Waals surface area contributed by atoms with Crippen molar-refractivity contribution in [3.05, 3.63) is 28.2 Å². The lowest BCUT2D eigenvalue weighted by atomic mass is 10.2. The Balaban J connectivity index is 2.34. The van der Waals surface area contributed by atoms with Crippen LogP contribution in [0, 0.1) is 0 Å². The van der Waals surface area contributed by atoms with Gasteiger partial charge in [0.05, 0.1) is 0 Å². The zero-order chi connectivity index (χ0) is 12.4. The number of carbonyl (C=O) groups is 1. The van der Waals surface area contributed by atoms with Crippen molar-refractivity contribution >= 4 is 21.8 Å². The van der Waals surface area contributed by atoms with Crippen molar-refractivity contribution in [2.24, 2.45) is 0 Å². The minimum Gasteiger partial charge on any atom is -0.481 e. The molecule has 1 atom stereocenters. The molecule has 1 aliphatic heterocycles. The Bertz CT molecular complexity index is 433. The third-order valence-corrected chi connectivity index (χ3v) is 3.33. The normalized spacial score (nSPS) is 19.6. The van der Waals surface area contributed by atoms with Crippen molar-refractivity contribution in [1.82, 2.24) is 4.90 Å². The molecular formula is C13H16BrNO2. The van der Waals surface area contributed by atoms with Gasteiger partial charge in [0.1, 0.15) is 5.75 Å². The number of halogens is 1.